The molecule has 0 bridgehead atoms. The molecular formula is C21H17N3OS. The van der Waals surface area contributed by atoms with Gasteiger partial charge in [0.05, 0.1) is 5.69 Å². The summed E-state index contributed by atoms with van der Waals surface area (Å²) in [5.41, 5.74) is 6.73. The summed E-state index contributed by atoms with van der Waals surface area (Å²) in [7, 11) is 0. The summed E-state index contributed by atoms with van der Waals surface area (Å²) in [5, 5.41) is 8.30. The summed E-state index contributed by atoms with van der Waals surface area (Å²) in [6.07, 6.45) is 1.85. The Morgan fingerprint density at radius 1 is 1.04 bits per heavy atom. The monoisotopic (exact) mass is 359 g/mol. The molecular weight excluding hydrogens is 342 g/mol. The van der Waals surface area contributed by atoms with Crippen LogP contribution in [0.25, 0.3) is 22.0 Å². The zero-order chi connectivity index (χ0) is 17.5. The van der Waals surface area contributed by atoms with E-state index in [-0.39, 0.29) is 6.03 Å². The normalized spacial score (nSPS) is 13.2. The molecule has 0 atom stereocenters. The molecule has 4 nitrogen and oxygen atoms in total. The van der Waals surface area contributed by atoms with Gasteiger partial charge in [0, 0.05) is 30.2 Å². The topological polar surface area (TPSA) is 48.1 Å². The van der Waals surface area contributed by atoms with Crippen molar-refractivity contribution in [1.82, 2.24) is 9.88 Å². The highest BCUT2D eigenvalue weighted by molar-refractivity contribution is 7.08. The lowest BCUT2D eigenvalue weighted by Crippen LogP contribution is -2.30. The number of benzene rings is 2. The number of amides is 2. The van der Waals surface area contributed by atoms with Crippen molar-refractivity contribution >= 4 is 34.0 Å². The molecule has 3 heterocycles. The number of aromatic amines is 1. The minimum atomic E-state index is -0.0666. The fraction of sp³-hybridized carbons (Fsp3) is 0.0952. The maximum atomic E-state index is 12.7. The molecule has 0 saturated carbocycles. The molecule has 0 unspecified atom stereocenters. The Bertz CT molecular complexity index is 1100. The maximum Gasteiger partial charge on any atom is 0.322 e. The van der Waals surface area contributed by atoms with Gasteiger partial charge >= 0.3 is 6.03 Å². The summed E-state index contributed by atoms with van der Waals surface area (Å²) < 4.78 is 0. The third-order valence-electron chi connectivity index (χ3n) is 4.90. The smallest absolute Gasteiger partial charge is 0.322 e. The van der Waals surface area contributed by atoms with Crippen molar-refractivity contribution in [3.63, 3.8) is 0 Å². The van der Waals surface area contributed by atoms with Crippen molar-refractivity contribution in [3.8, 4) is 11.1 Å². The second-order valence-electron chi connectivity index (χ2n) is 6.53. The second kappa shape index (κ2) is 6.04. The van der Waals surface area contributed by atoms with E-state index in [0.717, 1.165) is 16.6 Å². The fourth-order valence-electron chi connectivity index (χ4n) is 3.52. The SMILES string of the molecule is O=C(Nc1c[nH]c2ccccc12)N1Cc2ccc(-c3ccsc3)cc2C1. The predicted molar refractivity (Wildman–Crippen MR) is 106 cm³/mol. The number of carbonyl (C=O) groups is 1. The molecule has 5 heteroatoms. The Balaban J connectivity index is 1.35. The first-order chi connectivity index (χ1) is 12.8. The average molecular weight is 359 g/mol. The molecule has 0 saturated heterocycles. The highest BCUT2D eigenvalue weighted by Crippen LogP contribution is 2.30. The van der Waals surface area contributed by atoms with Crippen LogP contribution >= 0.6 is 11.3 Å². The summed E-state index contributed by atoms with van der Waals surface area (Å²) in [6, 6.07) is 16.5. The number of anilines is 1. The number of H-pyrrole nitrogens is 1. The number of carbonyl (C=O) groups excluding carboxylic acids is 1. The van der Waals surface area contributed by atoms with Crippen LogP contribution in [0, 0.1) is 0 Å². The minimum Gasteiger partial charge on any atom is -0.359 e. The number of hydrogen-bond donors (Lipinski definition) is 2. The number of para-hydroxylation sites is 1. The highest BCUT2D eigenvalue weighted by Gasteiger charge is 2.24. The molecule has 0 spiro atoms. The molecule has 1 aliphatic rings. The van der Waals surface area contributed by atoms with Crippen LogP contribution in [0.4, 0.5) is 10.5 Å². The van der Waals surface area contributed by atoms with Gasteiger partial charge in [0.25, 0.3) is 0 Å². The Morgan fingerprint density at radius 3 is 2.81 bits per heavy atom. The Hall–Kier alpha value is -3.05. The van der Waals surface area contributed by atoms with Crippen LogP contribution < -0.4 is 5.32 Å². The van der Waals surface area contributed by atoms with E-state index in [0.29, 0.717) is 13.1 Å². The quantitative estimate of drug-likeness (QED) is 0.492. The molecule has 2 aromatic heterocycles. The first-order valence-corrected chi connectivity index (χ1v) is 9.48. The van der Waals surface area contributed by atoms with E-state index < -0.39 is 0 Å². The molecule has 0 fully saturated rings. The number of fused-ring (bicyclic) bond motifs is 2. The van der Waals surface area contributed by atoms with Gasteiger partial charge in [-0.2, -0.15) is 11.3 Å². The molecule has 128 valence electrons. The number of hydrogen-bond acceptors (Lipinski definition) is 2. The van der Waals surface area contributed by atoms with Gasteiger partial charge in [0.15, 0.2) is 0 Å². The molecule has 2 amide bonds. The van der Waals surface area contributed by atoms with Crippen molar-refractivity contribution in [3.05, 3.63) is 76.6 Å². The van der Waals surface area contributed by atoms with Crippen molar-refractivity contribution < 1.29 is 4.79 Å². The van der Waals surface area contributed by atoms with Crippen LogP contribution in [0.15, 0.2) is 65.5 Å². The van der Waals surface area contributed by atoms with Crippen molar-refractivity contribution in [2.24, 2.45) is 0 Å². The number of nitrogens with zero attached hydrogens (tertiary/aromatic N) is 1. The Kier molecular flexibility index (Phi) is 3.53. The van der Waals surface area contributed by atoms with Crippen LogP contribution in [0.3, 0.4) is 0 Å². The van der Waals surface area contributed by atoms with Crippen LogP contribution in [-0.4, -0.2) is 15.9 Å². The number of aromatic nitrogens is 1. The van der Waals surface area contributed by atoms with Gasteiger partial charge in [-0.1, -0.05) is 30.3 Å². The Morgan fingerprint density at radius 2 is 1.92 bits per heavy atom. The fourth-order valence-corrected chi connectivity index (χ4v) is 4.18. The molecule has 2 aromatic carbocycles. The van der Waals surface area contributed by atoms with Crippen LogP contribution in [0.1, 0.15) is 11.1 Å². The molecule has 0 aliphatic carbocycles. The largest absolute Gasteiger partial charge is 0.359 e. The first-order valence-electron chi connectivity index (χ1n) is 8.54. The molecule has 4 aromatic rings. The van der Waals surface area contributed by atoms with Crippen LogP contribution in [-0.2, 0) is 13.1 Å². The van der Waals surface area contributed by atoms with Gasteiger partial charge in [-0.05, 0) is 51.2 Å². The van der Waals surface area contributed by atoms with Gasteiger partial charge in [-0.3, -0.25) is 0 Å². The molecule has 5 rings (SSSR count). The van der Waals surface area contributed by atoms with E-state index in [1.54, 1.807) is 11.3 Å². The third kappa shape index (κ3) is 2.57. The highest BCUT2D eigenvalue weighted by atomic mass is 32.1. The molecule has 26 heavy (non-hydrogen) atoms. The summed E-state index contributed by atoms with van der Waals surface area (Å²) in [6.45, 7) is 1.29. The molecule has 2 N–H and O–H groups in total. The van der Waals surface area contributed by atoms with Crippen molar-refractivity contribution in [2.75, 3.05) is 5.32 Å². The van der Waals surface area contributed by atoms with E-state index in [1.165, 1.54) is 22.3 Å². The van der Waals surface area contributed by atoms with Gasteiger partial charge in [-0.25, -0.2) is 4.79 Å². The third-order valence-corrected chi connectivity index (χ3v) is 5.58. The lowest BCUT2D eigenvalue weighted by Gasteiger charge is -2.16. The number of urea groups is 1. The maximum absolute atomic E-state index is 12.7. The van der Waals surface area contributed by atoms with Crippen LogP contribution in [0.5, 0.6) is 0 Å². The molecule has 0 radical (unpaired) electrons. The standard InChI is InChI=1S/C21H17N3OS/c25-21(23-20-10-22-19-4-2-1-3-18(19)20)24-11-15-6-5-14(9-17(15)12-24)16-7-8-26-13-16/h1-10,13,22H,11-12H2,(H,23,25). The number of rotatable bonds is 2. The zero-order valence-electron chi connectivity index (χ0n) is 14.0. The second-order valence-corrected chi connectivity index (χ2v) is 7.31. The van der Waals surface area contributed by atoms with E-state index >= 15 is 0 Å². The van der Waals surface area contributed by atoms with E-state index in [1.807, 2.05) is 35.4 Å². The van der Waals surface area contributed by atoms with E-state index in [9.17, 15) is 4.79 Å². The Labute approximate surface area is 155 Å². The van der Waals surface area contributed by atoms with Gasteiger partial charge in [0.2, 0.25) is 0 Å². The van der Waals surface area contributed by atoms with Crippen molar-refractivity contribution in [2.45, 2.75) is 13.1 Å². The summed E-state index contributed by atoms with van der Waals surface area (Å²) >= 11 is 1.70. The lowest BCUT2D eigenvalue weighted by atomic mass is 10.0. The first kappa shape index (κ1) is 15.2. The van der Waals surface area contributed by atoms with E-state index in [4.69, 9.17) is 0 Å². The van der Waals surface area contributed by atoms with E-state index in [2.05, 4.69) is 45.3 Å². The lowest BCUT2D eigenvalue weighted by molar-refractivity contribution is 0.212. The average Bonchev–Trinajstić information content (AvgIpc) is 3.40. The molecule has 1 aliphatic heterocycles. The predicted octanol–water partition coefficient (Wildman–Crippen LogP) is 5.44. The van der Waals surface area contributed by atoms with Gasteiger partial charge in [-0.15, -0.1) is 0 Å². The summed E-state index contributed by atoms with van der Waals surface area (Å²) in [5.74, 6) is 0. The number of thiophene rings is 1. The van der Waals surface area contributed by atoms with Gasteiger partial charge < -0.3 is 15.2 Å². The van der Waals surface area contributed by atoms with Crippen molar-refractivity contribution in [1.29, 1.82) is 0 Å². The van der Waals surface area contributed by atoms with Gasteiger partial charge in [0.1, 0.15) is 0 Å². The zero-order valence-corrected chi connectivity index (χ0v) is 14.8. The number of nitrogens with one attached hydrogen (secondary N) is 2. The summed E-state index contributed by atoms with van der Waals surface area (Å²) in [4.78, 5) is 17.8. The minimum absolute atomic E-state index is 0.0666. The van der Waals surface area contributed by atoms with Crippen LogP contribution in [0.2, 0.25) is 0 Å².